The molecule has 1 fully saturated rings. The maximum absolute atomic E-state index is 12.4. The lowest BCUT2D eigenvalue weighted by Crippen LogP contribution is -2.42. The van der Waals surface area contributed by atoms with Crippen molar-refractivity contribution in [3.8, 4) is 0 Å². The first-order valence-corrected chi connectivity index (χ1v) is 7.54. The molecule has 1 saturated heterocycles. The quantitative estimate of drug-likeness (QED) is 0.843. The maximum Gasteiger partial charge on any atom is 0.308 e. The second-order valence-electron chi connectivity index (χ2n) is 4.59. The third kappa shape index (κ3) is 3.57. The van der Waals surface area contributed by atoms with E-state index in [1.165, 1.54) is 0 Å². The van der Waals surface area contributed by atoms with Gasteiger partial charge < -0.3 is 10.0 Å². The van der Waals surface area contributed by atoms with Gasteiger partial charge in [0.25, 0.3) is 5.91 Å². The number of hydrogen-bond donors (Lipinski definition) is 1. The topological polar surface area (TPSA) is 57.6 Å². The number of aliphatic carboxylic acids is 1. The summed E-state index contributed by atoms with van der Waals surface area (Å²) in [4.78, 5) is 25.0. The molecule has 102 valence electrons. The van der Waals surface area contributed by atoms with Crippen molar-refractivity contribution in [2.24, 2.45) is 5.92 Å². The Labute approximate surface area is 128 Å². The Morgan fingerprint density at radius 3 is 2.42 bits per heavy atom. The van der Waals surface area contributed by atoms with Gasteiger partial charge >= 0.3 is 5.97 Å². The van der Waals surface area contributed by atoms with Gasteiger partial charge in [0.05, 0.1) is 5.92 Å². The van der Waals surface area contributed by atoms with Crippen molar-refractivity contribution in [3.05, 3.63) is 32.7 Å². The molecule has 1 aliphatic rings. The number of carbonyl (C=O) groups is 2. The molecule has 0 unspecified atom stereocenters. The van der Waals surface area contributed by atoms with Gasteiger partial charge in [-0.25, -0.2) is 0 Å². The largest absolute Gasteiger partial charge is 0.481 e. The highest BCUT2D eigenvalue weighted by Crippen LogP contribution is 2.23. The molecule has 0 spiro atoms. The van der Waals surface area contributed by atoms with Crippen molar-refractivity contribution in [3.63, 3.8) is 0 Å². The van der Waals surface area contributed by atoms with Crippen LogP contribution >= 0.6 is 31.9 Å². The molecule has 0 aromatic heterocycles. The molecule has 0 saturated carbocycles. The van der Waals surface area contributed by atoms with Crippen LogP contribution in [0, 0.1) is 5.92 Å². The van der Waals surface area contributed by atoms with E-state index >= 15 is 0 Å². The van der Waals surface area contributed by atoms with E-state index in [1.807, 2.05) is 6.07 Å². The molecule has 2 rings (SSSR count). The number of halogens is 2. The minimum absolute atomic E-state index is 0.118. The van der Waals surface area contributed by atoms with Crippen molar-refractivity contribution >= 4 is 43.7 Å². The van der Waals surface area contributed by atoms with E-state index in [0.29, 0.717) is 18.5 Å². The Kier molecular flexibility index (Phi) is 4.62. The number of carboxylic acids is 1. The molecular formula is C13H13Br2NO3. The highest BCUT2D eigenvalue weighted by atomic mass is 79.9. The Balaban J connectivity index is 2.16. The highest BCUT2D eigenvalue weighted by molar-refractivity contribution is 9.11. The van der Waals surface area contributed by atoms with Gasteiger partial charge in [-0.3, -0.25) is 9.59 Å². The number of benzene rings is 1. The van der Waals surface area contributed by atoms with Crippen LogP contribution in [0.4, 0.5) is 0 Å². The molecule has 4 nitrogen and oxygen atoms in total. The van der Waals surface area contributed by atoms with Crippen LogP contribution in [0.5, 0.6) is 0 Å². The number of piperidine rings is 1. The van der Waals surface area contributed by atoms with Gasteiger partial charge in [0, 0.05) is 27.6 Å². The number of likely N-dealkylation sites (tertiary alicyclic amines) is 1. The molecule has 0 aliphatic carbocycles. The van der Waals surface area contributed by atoms with E-state index in [1.54, 1.807) is 17.0 Å². The van der Waals surface area contributed by atoms with E-state index in [4.69, 9.17) is 5.11 Å². The molecule has 1 amide bonds. The number of carbonyl (C=O) groups excluding carboxylic acids is 1. The van der Waals surface area contributed by atoms with Crippen LogP contribution in [0.3, 0.4) is 0 Å². The van der Waals surface area contributed by atoms with Gasteiger partial charge in [-0.15, -0.1) is 0 Å². The highest BCUT2D eigenvalue weighted by Gasteiger charge is 2.28. The van der Waals surface area contributed by atoms with Crippen molar-refractivity contribution in [1.29, 1.82) is 0 Å². The SMILES string of the molecule is O=C(O)[C@@H]1CCCN(C(=O)c2cc(Br)cc(Br)c2)C1. The van der Waals surface area contributed by atoms with E-state index < -0.39 is 11.9 Å². The first-order chi connectivity index (χ1) is 8.97. The molecule has 1 heterocycles. The Hall–Kier alpha value is -0.880. The van der Waals surface area contributed by atoms with E-state index in [2.05, 4.69) is 31.9 Å². The van der Waals surface area contributed by atoms with Crippen LogP contribution in [0.2, 0.25) is 0 Å². The molecule has 1 aromatic rings. The maximum atomic E-state index is 12.4. The fraction of sp³-hybridized carbons (Fsp3) is 0.385. The Morgan fingerprint density at radius 1 is 1.21 bits per heavy atom. The molecule has 1 atom stereocenters. The molecule has 1 N–H and O–H groups in total. The summed E-state index contributed by atoms with van der Waals surface area (Å²) in [5, 5.41) is 9.04. The van der Waals surface area contributed by atoms with E-state index in [-0.39, 0.29) is 12.5 Å². The van der Waals surface area contributed by atoms with Crippen molar-refractivity contribution < 1.29 is 14.7 Å². The standard InChI is InChI=1S/C13H13Br2NO3/c14-10-4-9(5-11(15)6-10)12(17)16-3-1-2-8(7-16)13(18)19/h4-6,8H,1-3,7H2,(H,18,19)/t8-/m1/s1. The zero-order valence-corrected chi connectivity index (χ0v) is 13.3. The fourth-order valence-electron chi connectivity index (χ4n) is 2.22. The lowest BCUT2D eigenvalue weighted by atomic mass is 9.97. The lowest BCUT2D eigenvalue weighted by Gasteiger charge is -2.30. The van der Waals surface area contributed by atoms with Crippen LogP contribution in [0.15, 0.2) is 27.1 Å². The van der Waals surface area contributed by atoms with Gasteiger partial charge in [0.2, 0.25) is 0 Å². The molecule has 6 heteroatoms. The van der Waals surface area contributed by atoms with E-state index in [0.717, 1.165) is 15.4 Å². The average molecular weight is 391 g/mol. The minimum Gasteiger partial charge on any atom is -0.481 e. The van der Waals surface area contributed by atoms with Crippen LogP contribution in [0.1, 0.15) is 23.2 Å². The summed E-state index contributed by atoms with van der Waals surface area (Å²) in [5.41, 5.74) is 0.562. The van der Waals surface area contributed by atoms with Crippen molar-refractivity contribution in [2.45, 2.75) is 12.8 Å². The third-order valence-electron chi connectivity index (χ3n) is 3.17. The second-order valence-corrected chi connectivity index (χ2v) is 6.42. The summed E-state index contributed by atoms with van der Waals surface area (Å²) in [7, 11) is 0. The summed E-state index contributed by atoms with van der Waals surface area (Å²) in [5.74, 6) is -1.39. The molecule has 1 aromatic carbocycles. The number of rotatable bonds is 2. The lowest BCUT2D eigenvalue weighted by molar-refractivity contribution is -0.143. The summed E-state index contributed by atoms with van der Waals surface area (Å²) in [6, 6.07) is 5.35. The minimum atomic E-state index is -0.826. The van der Waals surface area contributed by atoms with Crippen LogP contribution in [-0.2, 0) is 4.79 Å². The zero-order chi connectivity index (χ0) is 14.0. The number of hydrogen-bond acceptors (Lipinski definition) is 2. The Morgan fingerprint density at radius 2 is 1.84 bits per heavy atom. The molecule has 0 bridgehead atoms. The van der Waals surface area contributed by atoms with Crippen molar-refractivity contribution in [2.75, 3.05) is 13.1 Å². The van der Waals surface area contributed by atoms with Gasteiger partial charge in [-0.05, 0) is 31.0 Å². The number of amides is 1. The monoisotopic (exact) mass is 389 g/mol. The summed E-state index contributed by atoms with van der Waals surface area (Å²) in [6.07, 6.45) is 1.37. The molecule has 0 radical (unpaired) electrons. The normalized spacial score (nSPS) is 19.3. The van der Waals surface area contributed by atoms with Gasteiger partial charge in [-0.1, -0.05) is 31.9 Å². The number of carboxylic acid groups (broad SMARTS) is 1. The van der Waals surface area contributed by atoms with E-state index in [9.17, 15) is 9.59 Å². The van der Waals surface area contributed by atoms with Crippen LogP contribution in [-0.4, -0.2) is 35.0 Å². The van der Waals surface area contributed by atoms with Crippen LogP contribution < -0.4 is 0 Å². The number of nitrogens with zero attached hydrogens (tertiary/aromatic N) is 1. The van der Waals surface area contributed by atoms with Crippen LogP contribution in [0.25, 0.3) is 0 Å². The first-order valence-electron chi connectivity index (χ1n) is 5.95. The average Bonchev–Trinajstić information content (AvgIpc) is 2.37. The first kappa shape index (κ1) is 14.5. The fourth-order valence-corrected chi connectivity index (χ4v) is 3.52. The molecule has 1 aliphatic heterocycles. The predicted molar refractivity (Wildman–Crippen MR) is 78.1 cm³/mol. The third-order valence-corrected chi connectivity index (χ3v) is 4.08. The van der Waals surface area contributed by atoms with Crippen molar-refractivity contribution in [1.82, 2.24) is 4.90 Å². The summed E-state index contributed by atoms with van der Waals surface area (Å²) in [6.45, 7) is 0.908. The predicted octanol–water partition coefficient (Wildman–Crippen LogP) is 3.15. The van der Waals surface area contributed by atoms with Gasteiger partial charge in [0.15, 0.2) is 0 Å². The zero-order valence-electron chi connectivity index (χ0n) is 10.1. The summed E-state index contributed by atoms with van der Waals surface area (Å²) >= 11 is 6.69. The molecule has 19 heavy (non-hydrogen) atoms. The summed E-state index contributed by atoms with van der Waals surface area (Å²) < 4.78 is 1.63. The molecular weight excluding hydrogens is 378 g/mol. The van der Waals surface area contributed by atoms with Gasteiger partial charge in [-0.2, -0.15) is 0 Å². The Bertz CT molecular complexity index is 498. The smallest absolute Gasteiger partial charge is 0.308 e. The second kappa shape index (κ2) is 6.05. The van der Waals surface area contributed by atoms with Gasteiger partial charge in [0.1, 0.15) is 0 Å².